The van der Waals surface area contributed by atoms with Crippen molar-refractivity contribution in [1.29, 1.82) is 0 Å². The lowest BCUT2D eigenvalue weighted by molar-refractivity contribution is -0.00328. The average Bonchev–Trinajstić information content (AvgIpc) is 3.32. The summed E-state index contributed by atoms with van der Waals surface area (Å²) in [5.74, 6) is 1.98. The second-order valence-electron chi connectivity index (χ2n) is 8.49. The lowest BCUT2D eigenvalue weighted by Crippen LogP contribution is -2.52. The zero-order valence-electron chi connectivity index (χ0n) is 14.8. The van der Waals surface area contributed by atoms with Gasteiger partial charge in [-0.05, 0) is 49.0 Å². The Morgan fingerprint density at radius 2 is 1.96 bits per heavy atom. The maximum absolute atomic E-state index is 12.9. The van der Waals surface area contributed by atoms with Crippen LogP contribution in [0.2, 0.25) is 0 Å². The Labute approximate surface area is 149 Å². The summed E-state index contributed by atoms with van der Waals surface area (Å²) in [4.78, 5) is 14.9. The summed E-state index contributed by atoms with van der Waals surface area (Å²) in [6.07, 6.45) is 6.89. The number of benzene rings is 1. The van der Waals surface area contributed by atoms with Crippen molar-refractivity contribution in [3.05, 3.63) is 35.9 Å². The minimum atomic E-state index is -0.0546. The number of carbonyl (C=O) groups excluding carboxylic acids is 1. The maximum Gasteiger partial charge on any atom is 0.317 e. The summed E-state index contributed by atoms with van der Waals surface area (Å²) in [7, 11) is 0. The fourth-order valence-electron chi connectivity index (χ4n) is 5.81. The largest absolute Gasteiger partial charge is 0.373 e. The van der Waals surface area contributed by atoms with Crippen LogP contribution in [-0.4, -0.2) is 42.3 Å². The van der Waals surface area contributed by atoms with Crippen LogP contribution in [0.3, 0.4) is 0 Å². The fourth-order valence-corrected chi connectivity index (χ4v) is 5.81. The van der Waals surface area contributed by atoms with Crippen LogP contribution in [0.25, 0.3) is 0 Å². The van der Waals surface area contributed by atoms with Crippen LogP contribution >= 0.6 is 0 Å². The van der Waals surface area contributed by atoms with E-state index in [9.17, 15) is 4.79 Å². The molecule has 1 aromatic rings. The first-order valence-corrected chi connectivity index (χ1v) is 9.99. The third kappa shape index (κ3) is 2.57. The van der Waals surface area contributed by atoms with Gasteiger partial charge in [0.25, 0.3) is 0 Å². The quantitative estimate of drug-likeness (QED) is 0.895. The topological polar surface area (TPSA) is 41.6 Å². The van der Waals surface area contributed by atoms with Gasteiger partial charge in [0, 0.05) is 19.7 Å². The normalized spacial score (nSPS) is 35.6. The number of amides is 2. The van der Waals surface area contributed by atoms with Crippen LogP contribution in [0, 0.1) is 11.8 Å². The van der Waals surface area contributed by atoms with Crippen LogP contribution in [0.1, 0.15) is 50.0 Å². The molecule has 1 spiro atoms. The Morgan fingerprint density at radius 3 is 2.76 bits per heavy atom. The molecule has 0 radical (unpaired) electrons. The van der Waals surface area contributed by atoms with Crippen molar-refractivity contribution in [2.45, 2.75) is 56.1 Å². The van der Waals surface area contributed by atoms with Crippen molar-refractivity contribution in [2.75, 3.05) is 19.7 Å². The van der Waals surface area contributed by atoms with Crippen LogP contribution in [0.15, 0.2) is 30.3 Å². The zero-order chi connectivity index (χ0) is 16.9. The Balaban J connectivity index is 1.22. The van der Waals surface area contributed by atoms with Gasteiger partial charge in [0.05, 0.1) is 11.6 Å². The number of rotatable bonds is 2. The smallest absolute Gasteiger partial charge is 0.317 e. The van der Waals surface area contributed by atoms with Crippen molar-refractivity contribution in [3.8, 4) is 0 Å². The van der Waals surface area contributed by atoms with Crippen molar-refractivity contribution >= 4 is 6.03 Å². The van der Waals surface area contributed by atoms with E-state index in [2.05, 4.69) is 40.5 Å². The predicted molar refractivity (Wildman–Crippen MR) is 96.4 cm³/mol. The van der Waals surface area contributed by atoms with E-state index >= 15 is 0 Å². The summed E-state index contributed by atoms with van der Waals surface area (Å²) >= 11 is 0. The number of likely N-dealkylation sites (tertiary alicyclic amines) is 1. The molecule has 0 aromatic heterocycles. The second-order valence-corrected chi connectivity index (χ2v) is 8.49. The molecule has 2 aliphatic carbocycles. The van der Waals surface area contributed by atoms with Gasteiger partial charge in [0.2, 0.25) is 0 Å². The molecule has 4 nitrogen and oxygen atoms in total. The molecule has 4 fully saturated rings. The minimum absolute atomic E-state index is 0.0546. The molecule has 4 heteroatoms. The summed E-state index contributed by atoms with van der Waals surface area (Å²) in [5, 5.41) is 3.34. The molecular formula is C21H28N2O2. The molecule has 25 heavy (non-hydrogen) atoms. The van der Waals surface area contributed by atoms with E-state index in [4.69, 9.17) is 4.74 Å². The van der Waals surface area contributed by atoms with Gasteiger partial charge in [-0.2, -0.15) is 0 Å². The van der Waals surface area contributed by atoms with Gasteiger partial charge in [0.1, 0.15) is 0 Å². The molecule has 0 bridgehead atoms. The molecule has 1 unspecified atom stereocenters. The Hall–Kier alpha value is -1.55. The highest BCUT2D eigenvalue weighted by molar-refractivity contribution is 5.75. The molecule has 4 aliphatic rings. The van der Waals surface area contributed by atoms with Gasteiger partial charge in [-0.1, -0.05) is 43.2 Å². The minimum Gasteiger partial charge on any atom is -0.373 e. The summed E-state index contributed by atoms with van der Waals surface area (Å²) < 4.78 is 6.07. The second kappa shape index (κ2) is 6.01. The molecule has 5 rings (SSSR count). The molecule has 2 aliphatic heterocycles. The fraction of sp³-hybridized carbons (Fsp3) is 0.667. The van der Waals surface area contributed by atoms with E-state index in [1.165, 1.54) is 24.8 Å². The van der Waals surface area contributed by atoms with Crippen LogP contribution in [-0.2, 0) is 4.74 Å². The van der Waals surface area contributed by atoms with Gasteiger partial charge < -0.3 is 15.0 Å². The molecule has 4 atom stereocenters. The Morgan fingerprint density at radius 1 is 1.16 bits per heavy atom. The molecule has 1 aromatic carbocycles. The molecular weight excluding hydrogens is 312 g/mol. The van der Waals surface area contributed by atoms with Crippen molar-refractivity contribution in [1.82, 2.24) is 10.2 Å². The molecule has 134 valence electrons. The van der Waals surface area contributed by atoms with Crippen molar-refractivity contribution in [2.24, 2.45) is 11.8 Å². The molecule has 2 heterocycles. The number of ether oxygens (including phenoxy) is 1. The molecule has 1 N–H and O–H groups in total. The summed E-state index contributed by atoms with van der Waals surface area (Å²) in [5.41, 5.74) is 1.39. The number of urea groups is 1. The third-order valence-corrected chi connectivity index (χ3v) is 7.26. The number of carbonyl (C=O) groups is 1. The highest BCUT2D eigenvalue weighted by Gasteiger charge is 2.50. The highest BCUT2D eigenvalue weighted by Crippen LogP contribution is 2.51. The monoisotopic (exact) mass is 340 g/mol. The first-order valence-electron chi connectivity index (χ1n) is 9.99. The lowest BCUT2D eigenvalue weighted by atomic mass is 9.64. The highest BCUT2D eigenvalue weighted by atomic mass is 16.5. The van der Waals surface area contributed by atoms with Crippen molar-refractivity contribution in [3.63, 3.8) is 0 Å². The van der Waals surface area contributed by atoms with Gasteiger partial charge in [0.15, 0.2) is 0 Å². The van der Waals surface area contributed by atoms with Crippen LogP contribution in [0.4, 0.5) is 4.79 Å². The predicted octanol–water partition coefficient (Wildman–Crippen LogP) is 3.53. The Bertz CT molecular complexity index is 635. The number of nitrogens with one attached hydrogen (secondary N) is 1. The zero-order valence-corrected chi connectivity index (χ0v) is 14.8. The van der Waals surface area contributed by atoms with E-state index in [1.807, 2.05) is 0 Å². The lowest BCUT2D eigenvalue weighted by Gasteiger charge is -2.39. The van der Waals surface area contributed by atoms with E-state index in [-0.39, 0.29) is 17.7 Å². The Kier molecular flexibility index (Phi) is 3.77. The van der Waals surface area contributed by atoms with Gasteiger partial charge in [-0.25, -0.2) is 4.79 Å². The molecule has 2 saturated carbocycles. The van der Waals surface area contributed by atoms with Gasteiger partial charge in [-0.15, -0.1) is 0 Å². The number of hydrogen-bond donors (Lipinski definition) is 1. The van der Waals surface area contributed by atoms with Crippen LogP contribution in [0.5, 0.6) is 0 Å². The number of nitrogens with zero attached hydrogens (tertiary/aromatic N) is 1. The van der Waals surface area contributed by atoms with E-state index < -0.39 is 0 Å². The van der Waals surface area contributed by atoms with Crippen LogP contribution < -0.4 is 5.32 Å². The van der Waals surface area contributed by atoms with E-state index in [0.717, 1.165) is 39.0 Å². The van der Waals surface area contributed by atoms with E-state index in [1.54, 1.807) is 0 Å². The molecule has 2 saturated heterocycles. The summed E-state index contributed by atoms with van der Waals surface area (Å²) in [6, 6.07) is 11.2. The summed E-state index contributed by atoms with van der Waals surface area (Å²) in [6.45, 7) is 2.64. The first kappa shape index (κ1) is 15.7. The standard InChI is InChI=1S/C21H28N2O2/c24-20(22-19-8-11-25-21(19)9-4-5-10-21)23-13-16-12-17(18(16)14-23)15-6-2-1-3-7-15/h1-3,6-7,16-19H,4-5,8-14H2,(H,22,24)/t16-,17-,18+,19?/m0/s1. The van der Waals surface area contributed by atoms with Gasteiger partial charge >= 0.3 is 6.03 Å². The number of hydrogen-bond acceptors (Lipinski definition) is 2. The third-order valence-electron chi connectivity index (χ3n) is 7.26. The molecule has 2 amide bonds. The van der Waals surface area contributed by atoms with E-state index in [0.29, 0.717) is 17.8 Å². The SMILES string of the molecule is O=C(NC1CCOC12CCCC2)N1C[C@@H]2C[C@@H](c3ccccc3)[C@@H]2C1. The first-order chi connectivity index (χ1) is 12.3. The number of fused-ring (bicyclic) bond motifs is 1. The van der Waals surface area contributed by atoms with Gasteiger partial charge in [-0.3, -0.25) is 0 Å². The van der Waals surface area contributed by atoms with Crippen molar-refractivity contribution < 1.29 is 9.53 Å². The maximum atomic E-state index is 12.9. The average molecular weight is 340 g/mol.